The molecular formula is C9H19N. The van der Waals surface area contributed by atoms with E-state index in [1.807, 2.05) is 7.05 Å². The molecule has 0 aromatic rings. The third kappa shape index (κ3) is 2.30. The van der Waals surface area contributed by atoms with Crippen molar-refractivity contribution >= 4 is 0 Å². The Labute approximate surface area is 64.2 Å². The molecule has 1 nitrogen and oxygen atoms in total. The number of hydrogen-bond donors (Lipinski definition) is 1. The molecule has 1 saturated carbocycles. The molecule has 0 aromatic carbocycles. The first-order valence-electron chi connectivity index (χ1n) is 4.33. The van der Waals surface area contributed by atoms with Crippen LogP contribution in [0.15, 0.2) is 0 Å². The molecule has 0 bridgehead atoms. The highest BCUT2D eigenvalue weighted by molar-refractivity contribution is 4.88. The van der Waals surface area contributed by atoms with Gasteiger partial charge in [-0.1, -0.05) is 6.92 Å². The maximum Gasteiger partial charge on any atom is 0.00359 e. The zero-order chi connectivity index (χ0) is 7.61. The average Bonchev–Trinajstić information content (AvgIpc) is 2.64. The summed E-state index contributed by atoms with van der Waals surface area (Å²) in [5.74, 6) is 0. The van der Waals surface area contributed by atoms with Crippen LogP contribution in [0.25, 0.3) is 0 Å². The van der Waals surface area contributed by atoms with Gasteiger partial charge in [0.1, 0.15) is 0 Å². The van der Waals surface area contributed by atoms with Crippen LogP contribution in [0.5, 0.6) is 0 Å². The molecule has 1 heteroatoms. The zero-order valence-electron chi connectivity index (χ0n) is 7.41. The first-order valence-corrected chi connectivity index (χ1v) is 4.33. The molecule has 1 atom stereocenters. The Morgan fingerprint density at radius 3 is 2.50 bits per heavy atom. The van der Waals surface area contributed by atoms with Crippen LogP contribution in [0.1, 0.15) is 39.5 Å². The highest BCUT2D eigenvalue weighted by atomic mass is 14.8. The molecule has 1 rings (SSSR count). The Morgan fingerprint density at radius 1 is 1.50 bits per heavy atom. The lowest BCUT2D eigenvalue weighted by atomic mass is 10.0. The molecule has 0 heterocycles. The molecule has 60 valence electrons. The molecule has 0 aliphatic heterocycles. The van der Waals surface area contributed by atoms with Crippen molar-refractivity contribution in [3.63, 3.8) is 0 Å². The van der Waals surface area contributed by atoms with Crippen molar-refractivity contribution in [3.8, 4) is 0 Å². The predicted molar refractivity (Wildman–Crippen MR) is 45.1 cm³/mol. The normalized spacial score (nSPS) is 24.3. The van der Waals surface area contributed by atoms with Crippen molar-refractivity contribution < 1.29 is 0 Å². The maximum atomic E-state index is 3.27. The molecule has 1 unspecified atom stereocenters. The molecule has 1 aliphatic rings. The predicted octanol–water partition coefficient (Wildman–Crippen LogP) is 2.17. The SMILES string of the molecule is CNC(C)CCC1(C)CC1. The van der Waals surface area contributed by atoms with E-state index in [2.05, 4.69) is 19.2 Å². The van der Waals surface area contributed by atoms with Gasteiger partial charge >= 0.3 is 0 Å². The summed E-state index contributed by atoms with van der Waals surface area (Å²) < 4.78 is 0. The highest BCUT2D eigenvalue weighted by Gasteiger charge is 2.36. The van der Waals surface area contributed by atoms with E-state index < -0.39 is 0 Å². The van der Waals surface area contributed by atoms with E-state index in [0.29, 0.717) is 6.04 Å². The van der Waals surface area contributed by atoms with Crippen LogP contribution in [-0.4, -0.2) is 13.1 Å². The Hall–Kier alpha value is -0.0400. The van der Waals surface area contributed by atoms with Gasteiger partial charge in [0.2, 0.25) is 0 Å². The van der Waals surface area contributed by atoms with Crippen molar-refractivity contribution in [2.75, 3.05) is 7.05 Å². The Morgan fingerprint density at radius 2 is 2.10 bits per heavy atom. The Bertz CT molecular complexity index is 105. The Kier molecular flexibility index (Phi) is 2.35. The van der Waals surface area contributed by atoms with Gasteiger partial charge in [0.05, 0.1) is 0 Å². The van der Waals surface area contributed by atoms with Crippen LogP contribution in [0, 0.1) is 5.41 Å². The van der Waals surface area contributed by atoms with Gasteiger partial charge in [0.15, 0.2) is 0 Å². The van der Waals surface area contributed by atoms with Crippen molar-refractivity contribution in [3.05, 3.63) is 0 Å². The third-order valence-electron chi connectivity index (χ3n) is 2.78. The molecule has 0 saturated heterocycles. The van der Waals surface area contributed by atoms with Crippen LogP contribution in [0.3, 0.4) is 0 Å². The quantitative estimate of drug-likeness (QED) is 0.632. The first-order chi connectivity index (χ1) is 4.66. The summed E-state index contributed by atoms with van der Waals surface area (Å²) in [7, 11) is 2.04. The number of hydrogen-bond acceptors (Lipinski definition) is 1. The van der Waals surface area contributed by atoms with Crippen molar-refractivity contribution in [1.82, 2.24) is 5.32 Å². The average molecular weight is 141 g/mol. The number of nitrogens with one attached hydrogen (secondary N) is 1. The standard InChI is InChI=1S/C9H19N/c1-8(10-3)4-5-9(2)6-7-9/h8,10H,4-7H2,1-3H3. The van der Waals surface area contributed by atoms with Gasteiger partial charge < -0.3 is 5.32 Å². The van der Waals surface area contributed by atoms with Gasteiger partial charge in [-0.15, -0.1) is 0 Å². The van der Waals surface area contributed by atoms with Crippen LogP contribution in [0.4, 0.5) is 0 Å². The van der Waals surface area contributed by atoms with Crippen molar-refractivity contribution in [2.45, 2.75) is 45.6 Å². The van der Waals surface area contributed by atoms with Crippen LogP contribution >= 0.6 is 0 Å². The molecule has 0 aromatic heterocycles. The van der Waals surface area contributed by atoms with E-state index >= 15 is 0 Å². The van der Waals surface area contributed by atoms with Crippen LogP contribution in [-0.2, 0) is 0 Å². The lowest BCUT2D eigenvalue weighted by Crippen LogP contribution is -2.21. The summed E-state index contributed by atoms with van der Waals surface area (Å²) in [6, 6.07) is 0.706. The Balaban J connectivity index is 2.04. The summed E-state index contributed by atoms with van der Waals surface area (Å²) in [6.45, 7) is 4.65. The molecule has 0 spiro atoms. The summed E-state index contributed by atoms with van der Waals surface area (Å²) in [5.41, 5.74) is 0.741. The van der Waals surface area contributed by atoms with E-state index in [1.54, 1.807) is 0 Å². The summed E-state index contributed by atoms with van der Waals surface area (Å²) in [6.07, 6.45) is 5.68. The van der Waals surface area contributed by atoms with Gasteiger partial charge in [-0.05, 0) is 45.1 Å². The largest absolute Gasteiger partial charge is 0.317 e. The minimum Gasteiger partial charge on any atom is -0.317 e. The van der Waals surface area contributed by atoms with Crippen molar-refractivity contribution in [1.29, 1.82) is 0 Å². The molecule has 1 aliphatic carbocycles. The van der Waals surface area contributed by atoms with E-state index in [-0.39, 0.29) is 0 Å². The monoisotopic (exact) mass is 141 g/mol. The molecule has 1 fully saturated rings. The first kappa shape index (κ1) is 8.06. The smallest absolute Gasteiger partial charge is 0.00359 e. The van der Waals surface area contributed by atoms with Gasteiger partial charge in [-0.2, -0.15) is 0 Å². The van der Waals surface area contributed by atoms with Gasteiger partial charge in [0, 0.05) is 6.04 Å². The summed E-state index contributed by atoms with van der Waals surface area (Å²) >= 11 is 0. The minimum atomic E-state index is 0.706. The third-order valence-corrected chi connectivity index (χ3v) is 2.78. The second-order valence-electron chi connectivity index (χ2n) is 4.04. The lowest BCUT2D eigenvalue weighted by Gasteiger charge is -2.12. The second kappa shape index (κ2) is 2.91. The summed E-state index contributed by atoms with van der Waals surface area (Å²) in [4.78, 5) is 0. The van der Waals surface area contributed by atoms with Gasteiger partial charge in [-0.25, -0.2) is 0 Å². The summed E-state index contributed by atoms with van der Waals surface area (Å²) in [5, 5.41) is 3.27. The molecule has 1 N–H and O–H groups in total. The van der Waals surface area contributed by atoms with E-state index in [9.17, 15) is 0 Å². The van der Waals surface area contributed by atoms with Crippen LogP contribution < -0.4 is 5.32 Å². The minimum absolute atomic E-state index is 0.706. The highest BCUT2D eigenvalue weighted by Crippen LogP contribution is 2.48. The number of rotatable bonds is 4. The van der Waals surface area contributed by atoms with Crippen LogP contribution in [0.2, 0.25) is 0 Å². The van der Waals surface area contributed by atoms with E-state index in [1.165, 1.54) is 25.7 Å². The van der Waals surface area contributed by atoms with Gasteiger partial charge in [0.25, 0.3) is 0 Å². The lowest BCUT2D eigenvalue weighted by molar-refractivity contribution is 0.438. The topological polar surface area (TPSA) is 12.0 Å². The molecule has 0 amide bonds. The van der Waals surface area contributed by atoms with Gasteiger partial charge in [-0.3, -0.25) is 0 Å². The molecule has 0 radical (unpaired) electrons. The second-order valence-corrected chi connectivity index (χ2v) is 4.04. The van der Waals surface area contributed by atoms with E-state index in [4.69, 9.17) is 0 Å². The fourth-order valence-corrected chi connectivity index (χ4v) is 1.17. The fraction of sp³-hybridized carbons (Fsp3) is 1.00. The fourth-order valence-electron chi connectivity index (χ4n) is 1.17. The van der Waals surface area contributed by atoms with E-state index in [0.717, 1.165) is 5.41 Å². The molecule has 10 heavy (non-hydrogen) atoms. The zero-order valence-corrected chi connectivity index (χ0v) is 7.41. The molecular weight excluding hydrogens is 122 g/mol. The maximum absolute atomic E-state index is 3.27. The van der Waals surface area contributed by atoms with Crippen molar-refractivity contribution in [2.24, 2.45) is 5.41 Å².